The summed E-state index contributed by atoms with van der Waals surface area (Å²) in [5.74, 6) is 0.960. The summed E-state index contributed by atoms with van der Waals surface area (Å²) in [5, 5.41) is 1.45. The van der Waals surface area contributed by atoms with E-state index >= 15 is 0 Å². The molecule has 0 unspecified atom stereocenters. The van der Waals surface area contributed by atoms with Gasteiger partial charge in [-0.3, -0.25) is 0 Å². The number of hydrogen-bond donors (Lipinski definition) is 0. The zero-order chi connectivity index (χ0) is 22.4. The second kappa shape index (κ2) is 8.38. The fraction of sp³-hybridized carbons (Fsp3) is 0.308. The molecule has 0 radical (unpaired) electrons. The van der Waals surface area contributed by atoms with Crippen LogP contribution in [0.4, 0.5) is 11.5 Å². The molecule has 1 aliphatic heterocycles. The van der Waals surface area contributed by atoms with Crippen molar-refractivity contribution in [2.75, 3.05) is 36.0 Å². The number of fused-ring (bicyclic) bond motifs is 1. The van der Waals surface area contributed by atoms with E-state index in [1.165, 1.54) is 38.4 Å². The monoisotopic (exact) mass is 462 g/mol. The minimum atomic E-state index is 0.321. The molecule has 0 aliphatic carbocycles. The first-order chi connectivity index (χ1) is 15.4. The summed E-state index contributed by atoms with van der Waals surface area (Å²) in [6, 6.07) is 15.4. The molecule has 164 valence electrons. The molecule has 1 saturated heterocycles. The van der Waals surface area contributed by atoms with E-state index < -0.39 is 0 Å². The third kappa shape index (κ3) is 3.84. The molecule has 0 atom stereocenters. The number of thiophene rings is 1. The van der Waals surface area contributed by atoms with Crippen LogP contribution < -0.4 is 9.80 Å². The Hall–Kier alpha value is -2.63. The maximum absolute atomic E-state index is 6.39. The Morgan fingerprint density at radius 3 is 2.31 bits per heavy atom. The highest BCUT2D eigenvalue weighted by Gasteiger charge is 2.25. The Morgan fingerprint density at radius 2 is 1.59 bits per heavy atom. The van der Waals surface area contributed by atoms with Gasteiger partial charge >= 0.3 is 0 Å². The number of halogens is 1. The molecule has 1 aliphatic rings. The number of nitrogens with zero attached hydrogens (tertiary/aromatic N) is 4. The van der Waals surface area contributed by atoms with Crippen molar-refractivity contribution in [3.05, 3.63) is 69.3 Å². The van der Waals surface area contributed by atoms with E-state index in [-0.39, 0.29) is 0 Å². The second-order valence-electron chi connectivity index (χ2n) is 8.64. The van der Waals surface area contributed by atoms with Crippen molar-refractivity contribution < 1.29 is 0 Å². The molecule has 5 rings (SSSR count). The predicted octanol–water partition coefficient (Wildman–Crippen LogP) is 6.57. The summed E-state index contributed by atoms with van der Waals surface area (Å²) < 4.78 is 0. The quantitative estimate of drug-likeness (QED) is 0.322. The number of hydrogen-bond acceptors (Lipinski definition) is 5. The van der Waals surface area contributed by atoms with Gasteiger partial charge in [0.15, 0.2) is 0 Å². The van der Waals surface area contributed by atoms with Gasteiger partial charge in [0.2, 0.25) is 5.28 Å². The maximum Gasteiger partial charge on any atom is 0.225 e. The fourth-order valence-corrected chi connectivity index (χ4v) is 5.80. The molecule has 0 bridgehead atoms. The number of aryl methyl sites for hydroxylation is 4. The van der Waals surface area contributed by atoms with Crippen LogP contribution in [0.1, 0.15) is 21.6 Å². The van der Waals surface area contributed by atoms with Gasteiger partial charge in [0, 0.05) is 42.3 Å². The molecule has 0 saturated carbocycles. The minimum absolute atomic E-state index is 0.321. The number of aromatic nitrogens is 2. The van der Waals surface area contributed by atoms with Crippen LogP contribution in [0.3, 0.4) is 0 Å². The summed E-state index contributed by atoms with van der Waals surface area (Å²) in [6.45, 7) is 12.3. The van der Waals surface area contributed by atoms with Gasteiger partial charge in [-0.15, -0.1) is 11.3 Å². The van der Waals surface area contributed by atoms with Gasteiger partial charge in [-0.05, 0) is 73.7 Å². The molecule has 2 aromatic heterocycles. The molecule has 0 amide bonds. The standard InChI is InChI=1S/C26H27ClN4S/c1-16-6-5-7-21(14-16)30-10-12-31(13-11-30)24-23-22(20-9-8-17(2)18(3)15-20)19(4)32-25(23)29-26(27)28-24/h5-9,14-15H,10-13H2,1-4H3. The molecule has 4 aromatic rings. The van der Waals surface area contributed by atoms with Gasteiger partial charge in [0.05, 0.1) is 5.39 Å². The largest absolute Gasteiger partial charge is 0.368 e. The van der Waals surface area contributed by atoms with Gasteiger partial charge in [0.25, 0.3) is 0 Å². The molecule has 4 nitrogen and oxygen atoms in total. The smallest absolute Gasteiger partial charge is 0.225 e. The molecular weight excluding hydrogens is 436 g/mol. The summed E-state index contributed by atoms with van der Waals surface area (Å²) in [7, 11) is 0. The topological polar surface area (TPSA) is 32.3 Å². The van der Waals surface area contributed by atoms with Gasteiger partial charge in [-0.1, -0.05) is 30.3 Å². The van der Waals surface area contributed by atoms with Crippen LogP contribution in [0.25, 0.3) is 21.3 Å². The second-order valence-corrected chi connectivity index (χ2v) is 10.2. The normalized spacial score (nSPS) is 14.4. The van der Waals surface area contributed by atoms with Crippen LogP contribution in [-0.2, 0) is 0 Å². The Labute approximate surface area is 198 Å². The van der Waals surface area contributed by atoms with Crippen molar-refractivity contribution >= 4 is 44.7 Å². The summed E-state index contributed by atoms with van der Waals surface area (Å²) in [6.07, 6.45) is 0. The van der Waals surface area contributed by atoms with Gasteiger partial charge in [-0.25, -0.2) is 4.98 Å². The van der Waals surface area contributed by atoms with Crippen molar-refractivity contribution in [1.82, 2.24) is 9.97 Å². The number of piperazine rings is 1. The lowest BCUT2D eigenvalue weighted by atomic mass is 9.99. The maximum atomic E-state index is 6.39. The van der Waals surface area contributed by atoms with Crippen LogP contribution in [0, 0.1) is 27.7 Å². The lowest BCUT2D eigenvalue weighted by molar-refractivity contribution is 0.649. The third-order valence-electron chi connectivity index (χ3n) is 6.42. The van der Waals surface area contributed by atoms with E-state index in [1.54, 1.807) is 11.3 Å². The fourth-order valence-electron chi connectivity index (χ4n) is 4.54. The molecule has 1 fully saturated rings. The van der Waals surface area contributed by atoms with E-state index in [0.29, 0.717) is 5.28 Å². The van der Waals surface area contributed by atoms with Crippen LogP contribution in [0.15, 0.2) is 42.5 Å². The average molecular weight is 463 g/mol. The summed E-state index contributed by atoms with van der Waals surface area (Å²) in [4.78, 5) is 16.4. The van der Waals surface area contributed by atoms with Crippen LogP contribution in [-0.4, -0.2) is 36.1 Å². The first-order valence-electron chi connectivity index (χ1n) is 11.0. The van der Waals surface area contributed by atoms with E-state index in [0.717, 1.165) is 42.2 Å². The molecule has 2 aromatic carbocycles. The van der Waals surface area contributed by atoms with Gasteiger partial charge in [-0.2, -0.15) is 4.98 Å². The highest BCUT2D eigenvalue weighted by Crippen LogP contribution is 2.43. The third-order valence-corrected chi connectivity index (χ3v) is 7.59. The summed E-state index contributed by atoms with van der Waals surface area (Å²) in [5.41, 5.74) is 7.64. The van der Waals surface area contributed by atoms with E-state index in [9.17, 15) is 0 Å². The molecule has 0 spiro atoms. The van der Waals surface area contributed by atoms with Crippen LogP contribution >= 0.6 is 22.9 Å². The zero-order valence-corrected chi connectivity index (χ0v) is 20.5. The Kier molecular flexibility index (Phi) is 5.56. The van der Waals surface area contributed by atoms with Crippen LogP contribution in [0.2, 0.25) is 5.28 Å². The highest BCUT2D eigenvalue weighted by atomic mass is 35.5. The Bertz CT molecular complexity index is 1300. The van der Waals surface area contributed by atoms with Crippen molar-refractivity contribution in [3.8, 4) is 11.1 Å². The first kappa shape index (κ1) is 21.2. The number of benzene rings is 2. The van der Waals surface area contributed by atoms with Crippen molar-refractivity contribution in [2.24, 2.45) is 0 Å². The van der Waals surface area contributed by atoms with E-state index in [2.05, 4.69) is 84.9 Å². The molecular formula is C26H27ClN4S. The highest BCUT2D eigenvalue weighted by molar-refractivity contribution is 7.19. The predicted molar refractivity (Wildman–Crippen MR) is 138 cm³/mol. The number of anilines is 2. The SMILES string of the molecule is Cc1cccc(N2CCN(c3nc(Cl)nc4sc(C)c(-c5ccc(C)c(C)c5)c34)CC2)c1. The molecule has 0 N–H and O–H groups in total. The summed E-state index contributed by atoms with van der Waals surface area (Å²) >= 11 is 8.09. The van der Waals surface area contributed by atoms with Crippen molar-refractivity contribution in [3.63, 3.8) is 0 Å². The zero-order valence-electron chi connectivity index (χ0n) is 18.9. The minimum Gasteiger partial charge on any atom is -0.368 e. The van der Waals surface area contributed by atoms with Crippen molar-refractivity contribution in [2.45, 2.75) is 27.7 Å². The van der Waals surface area contributed by atoms with Crippen LogP contribution in [0.5, 0.6) is 0 Å². The molecule has 3 heterocycles. The lowest BCUT2D eigenvalue weighted by Gasteiger charge is -2.37. The van der Waals surface area contributed by atoms with Gasteiger partial charge in [0.1, 0.15) is 10.6 Å². The van der Waals surface area contributed by atoms with Crippen molar-refractivity contribution in [1.29, 1.82) is 0 Å². The average Bonchev–Trinajstić information content (AvgIpc) is 3.10. The molecule has 32 heavy (non-hydrogen) atoms. The van der Waals surface area contributed by atoms with Gasteiger partial charge < -0.3 is 9.80 Å². The Balaban J connectivity index is 1.54. The van der Waals surface area contributed by atoms with E-state index in [1.807, 2.05) is 0 Å². The van der Waals surface area contributed by atoms with E-state index in [4.69, 9.17) is 16.6 Å². The Morgan fingerprint density at radius 1 is 0.844 bits per heavy atom. The molecule has 6 heteroatoms. The first-order valence-corrected chi connectivity index (χ1v) is 12.2. The number of rotatable bonds is 3. The lowest BCUT2D eigenvalue weighted by Crippen LogP contribution is -2.47.